The van der Waals surface area contributed by atoms with Gasteiger partial charge >= 0.3 is 11.9 Å². The monoisotopic (exact) mass is 822 g/mol. The summed E-state index contributed by atoms with van der Waals surface area (Å²) in [5, 5.41) is 0. The van der Waals surface area contributed by atoms with Crippen LogP contribution in [0.1, 0.15) is 252 Å². The minimum absolute atomic E-state index is 0.00983. The second kappa shape index (κ2) is 42.5. The highest BCUT2D eigenvalue weighted by Crippen LogP contribution is 2.23. The number of esters is 2. The van der Waals surface area contributed by atoms with Crippen molar-refractivity contribution in [1.82, 2.24) is 4.90 Å². The molecule has 1 heterocycles. The van der Waals surface area contributed by atoms with Gasteiger partial charge in [-0.3, -0.25) is 9.59 Å². The summed E-state index contributed by atoms with van der Waals surface area (Å²) in [6, 6.07) is 0. The largest absolute Gasteiger partial charge is 0.466 e. The van der Waals surface area contributed by atoms with Crippen LogP contribution in [0.3, 0.4) is 0 Å². The van der Waals surface area contributed by atoms with Crippen LogP contribution >= 0.6 is 0 Å². The van der Waals surface area contributed by atoms with E-state index in [2.05, 4.69) is 32.6 Å². The van der Waals surface area contributed by atoms with Gasteiger partial charge in [-0.2, -0.15) is 0 Å². The number of unbranched alkanes of at least 4 members (excludes halogenated alkanes) is 16. The topological polar surface area (TPSA) is 74.3 Å². The summed E-state index contributed by atoms with van der Waals surface area (Å²) in [7, 11) is 0. The van der Waals surface area contributed by atoms with E-state index in [0.29, 0.717) is 44.7 Å². The highest BCUT2D eigenvalue weighted by atomic mass is 16.7. The van der Waals surface area contributed by atoms with E-state index in [1.165, 1.54) is 142 Å². The first-order chi connectivity index (χ1) is 28.5. The number of hydrogen-bond donors (Lipinski definition) is 0. The number of hydrogen-bond acceptors (Lipinski definition) is 7. The molecule has 0 saturated carbocycles. The number of likely N-dealkylation sites (tertiary alicyclic amines) is 1. The van der Waals surface area contributed by atoms with Crippen molar-refractivity contribution in [3.8, 4) is 0 Å². The molecule has 0 atom stereocenters. The van der Waals surface area contributed by atoms with Crippen LogP contribution in [0.15, 0.2) is 0 Å². The van der Waals surface area contributed by atoms with Gasteiger partial charge in [0.2, 0.25) is 0 Å². The number of ether oxygens (including phenoxy) is 4. The molecule has 1 fully saturated rings. The standard InChI is InChI=1S/C51H99NO6/c1-5-9-19-30-47(31-20-10-6-2)38-44-56-50(53)36-25-17-13-15-23-34-49(58-46-55-43-29-42-52-40-27-28-41-52)35-24-16-14-18-26-37-51(54)57-45-39-48(32-21-11-7-3)33-22-12-8-4/h47-49H,5-46H2,1-4H3. The van der Waals surface area contributed by atoms with Crippen molar-refractivity contribution in [2.24, 2.45) is 11.8 Å². The summed E-state index contributed by atoms with van der Waals surface area (Å²) < 4.78 is 23.5. The zero-order valence-corrected chi connectivity index (χ0v) is 39.3. The second-order valence-electron chi connectivity index (χ2n) is 18.1. The van der Waals surface area contributed by atoms with E-state index < -0.39 is 0 Å². The van der Waals surface area contributed by atoms with Crippen LogP contribution in [-0.2, 0) is 28.5 Å². The van der Waals surface area contributed by atoms with Crippen molar-refractivity contribution < 1.29 is 28.5 Å². The molecule has 7 nitrogen and oxygen atoms in total. The van der Waals surface area contributed by atoms with Crippen molar-refractivity contribution in [2.45, 2.75) is 259 Å². The third kappa shape index (κ3) is 35.6. The van der Waals surface area contributed by atoms with E-state index in [4.69, 9.17) is 18.9 Å². The predicted molar refractivity (Wildman–Crippen MR) is 245 cm³/mol. The number of rotatable bonds is 45. The van der Waals surface area contributed by atoms with Crippen molar-refractivity contribution >= 4 is 11.9 Å². The van der Waals surface area contributed by atoms with E-state index in [1.54, 1.807) is 0 Å². The lowest BCUT2D eigenvalue weighted by Crippen LogP contribution is -2.22. The molecule has 0 radical (unpaired) electrons. The Bertz CT molecular complexity index is 803. The molecule has 0 amide bonds. The molecule has 0 unspecified atom stereocenters. The lowest BCUT2D eigenvalue weighted by molar-refractivity contribution is -0.145. The molecule has 1 aliphatic rings. The average molecular weight is 822 g/mol. The maximum atomic E-state index is 12.4. The summed E-state index contributed by atoms with van der Waals surface area (Å²) in [6.45, 7) is 15.0. The van der Waals surface area contributed by atoms with E-state index in [1.807, 2.05) is 0 Å². The molecule has 58 heavy (non-hydrogen) atoms. The fourth-order valence-corrected chi connectivity index (χ4v) is 8.68. The van der Waals surface area contributed by atoms with Gasteiger partial charge in [0.25, 0.3) is 0 Å². The zero-order chi connectivity index (χ0) is 42.0. The van der Waals surface area contributed by atoms with Crippen molar-refractivity contribution in [1.29, 1.82) is 0 Å². The summed E-state index contributed by atoms with van der Waals surface area (Å²) in [6.07, 6.45) is 41.0. The molecule has 0 aliphatic carbocycles. The van der Waals surface area contributed by atoms with E-state index >= 15 is 0 Å². The molecule has 344 valence electrons. The third-order valence-corrected chi connectivity index (χ3v) is 12.6. The summed E-state index contributed by atoms with van der Waals surface area (Å²) in [4.78, 5) is 27.4. The average Bonchev–Trinajstić information content (AvgIpc) is 3.74. The van der Waals surface area contributed by atoms with Gasteiger partial charge in [0, 0.05) is 19.4 Å². The molecule has 1 saturated heterocycles. The Hall–Kier alpha value is -1.18. The van der Waals surface area contributed by atoms with Gasteiger partial charge in [0.15, 0.2) is 0 Å². The first kappa shape index (κ1) is 54.8. The van der Waals surface area contributed by atoms with Crippen LogP contribution in [0.5, 0.6) is 0 Å². The number of nitrogens with zero attached hydrogens (tertiary/aromatic N) is 1. The third-order valence-electron chi connectivity index (χ3n) is 12.6. The Labute approximate surface area is 361 Å². The first-order valence-electron chi connectivity index (χ1n) is 25.7. The molecule has 0 spiro atoms. The Morgan fingerprint density at radius 2 is 0.845 bits per heavy atom. The molecule has 7 heteroatoms. The van der Waals surface area contributed by atoms with Crippen molar-refractivity contribution in [3.63, 3.8) is 0 Å². The zero-order valence-electron chi connectivity index (χ0n) is 39.3. The normalized spacial score (nSPS) is 13.4. The van der Waals surface area contributed by atoms with Gasteiger partial charge in [0.1, 0.15) is 6.79 Å². The van der Waals surface area contributed by atoms with Crippen molar-refractivity contribution in [3.05, 3.63) is 0 Å². The smallest absolute Gasteiger partial charge is 0.305 e. The van der Waals surface area contributed by atoms with Crippen LogP contribution in [-0.4, -0.2) is 69.2 Å². The minimum atomic E-state index is -0.00983. The van der Waals surface area contributed by atoms with Gasteiger partial charge in [-0.05, 0) is 82.7 Å². The highest BCUT2D eigenvalue weighted by Gasteiger charge is 2.14. The SMILES string of the molecule is CCCCCC(CCCCC)CCOC(=O)CCCCCCCC(CCCCCCCC(=O)OCCC(CCCCC)CCCCC)OCOCCCN1CCCC1. The van der Waals surface area contributed by atoms with Crippen LogP contribution in [0.25, 0.3) is 0 Å². The van der Waals surface area contributed by atoms with Gasteiger partial charge in [-0.1, -0.05) is 182 Å². The van der Waals surface area contributed by atoms with E-state index in [-0.39, 0.29) is 18.0 Å². The van der Waals surface area contributed by atoms with Crippen LogP contribution in [0.4, 0.5) is 0 Å². The highest BCUT2D eigenvalue weighted by molar-refractivity contribution is 5.69. The van der Waals surface area contributed by atoms with Gasteiger partial charge in [-0.15, -0.1) is 0 Å². The molecular formula is C51H99NO6. The summed E-state index contributed by atoms with van der Waals surface area (Å²) >= 11 is 0. The molecule has 0 aromatic heterocycles. The van der Waals surface area contributed by atoms with Crippen molar-refractivity contribution in [2.75, 3.05) is 46.2 Å². The number of carbonyl (C=O) groups excluding carboxylic acids is 2. The van der Waals surface area contributed by atoms with Crippen LogP contribution < -0.4 is 0 Å². The fraction of sp³-hybridized carbons (Fsp3) is 0.961. The lowest BCUT2D eigenvalue weighted by Gasteiger charge is -2.19. The molecule has 1 aliphatic heterocycles. The van der Waals surface area contributed by atoms with E-state index in [9.17, 15) is 9.59 Å². The predicted octanol–water partition coefficient (Wildman–Crippen LogP) is 14.7. The molecule has 0 aromatic rings. The maximum absolute atomic E-state index is 12.4. The van der Waals surface area contributed by atoms with Gasteiger partial charge < -0.3 is 23.8 Å². The molecule has 0 N–H and O–H groups in total. The van der Waals surface area contributed by atoms with Crippen LogP contribution in [0, 0.1) is 11.8 Å². The Balaban J connectivity index is 2.26. The second-order valence-corrected chi connectivity index (χ2v) is 18.1. The molecule has 0 bridgehead atoms. The Kier molecular flexibility index (Phi) is 40.2. The first-order valence-corrected chi connectivity index (χ1v) is 25.7. The Morgan fingerprint density at radius 3 is 1.28 bits per heavy atom. The quantitative estimate of drug-likeness (QED) is 0.0344. The van der Waals surface area contributed by atoms with Gasteiger partial charge in [0.05, 0.1) is 25.9 Å². The number of carbonyl (C=O) groups is 2. The molecular weight excluding hydrogens is 723 g/mol. The van der Waals surface area contributed by atoms with Crippen LogP contribution in [0.2, 0.25) is 0 Å². The van der Waals surface area contributed by atoms with Gasteiger partial charge in [-0.25, -0.2) is 0 Å². The Morgan fingerprint density at radius 1 is 0.448 bits per heavy atom. The minimum Gasteiger partial charge on any atom is -0.466 e. The fourth-order valence-electron chi connectivity index (χ4n) is 8.68. The maximum Gasteiger partial charge on any atom is 0.305 e. The molecule has 1 rings (SSSR count). The van der Waals surface area contributed by atoms with E-state index in [0.717, 1.165) is 96.6 Å². The lowest BCUT2D eigenvalue weighted by atomic mass is 9.92. The summed E-state index contributed by atoms with van der Waals surface area (Å²) in [5.74, 6) is 1.40. The summed E-state index contributed by atoms with van der Waals surface area (Å²) in [5.41, 5.74) is 0. The molecule has 0 aromatic carbocycles.